The Balaban J connectivity index is 1.44. The Morgan fingerprint density at radius 3 is 2.79 bits per heavy atom. The Kier molecular flexibility index (Phi) is 5.34. The summed E-state index contributed by atoms with van der Waals surface area (Å²) in [6.45, 7) is 4.03. The van der Waals surface area contributed by atoms with Crippen molar-refractivity contribution >= 4 is 40.4 Å². The zero-order chi connectivity index (χ0) is 19.7. The summed E-state index contributed by atoms with van der Waals surface area (Å²) in [5, 5.41) is 11.8. The lowest BCUT2D eigenvalue weighted by Gasteiger charge is -2.23. The minimum absolute atomic E-state index is 0.0999. The van der Waals surface area contributed by atoms with Crippen molar-refractivity contribution in [2.24, 2.45) is 0 Å². The van der Waals surface area contributed by atoms with Crippen LogP contribution in [0.5, 0.6) is 0 Å². The molecule has 0 aliphatic carbocycles. The van der Waals surface area contributed by atoms with Gasteiger partial charge in [-0.2, -0.15) is 0 Å². The largest absolute Gasteiger partial charge is 0.354 e. The first kappa shape index (κ1) is 18.9. The topological polar surface area (TPSA) is 79.8 Å². The van der Waals surface area contributed by atoms with Gasteiger partial charge in [-0.1, -0.05) is 23.2 Å². The minimum Gasteiger partial charge on any atom is -0.354 e. The standard InChI is InChI=1S/C18H18Cl2N6O2/c19-13-2-3-17-22-14(12-25(17)10-13)11-23-4-1-5-24(7-6-23)18-16(20)8-15(9-21-18)26(27)28/h2-3,8-10,12H,1,4-7,11H2. The Morgan fingerprint density at radius 2 is 2.00 bits per heavy atom. The van der Waals surface area contributed by atoms with E-state index in [1.54, 1.807) is 0 Å². The SMILES string of the molecule is O=[N+]([O-])c1cnc(N2CCCN(Cc3cn4cc(Cl)ccc4n3)CC2)c(Cl)c1. The van der Waals surface area contributed by atoms with E-state index in [1.165, 1.54) is 12.3 Å². The van der Waals surface area contributed by atoms with Gasteiger partial charge in [0.15, 0.2) is 0 Å². The molecule has 146 valence electrons. The summed E-state index contributed by atoms with van der Waals surface area (Å²) in [5.41, 5.74) is 1.76. The van der Waals surface area contributed by atoms with Gasteiger partial charge in [-0.05, 0) is 18.6 Å². The fourth-order valence-electron chi connectivity index (χ4n) is 3.42. The zero-order valence-corrected chi connectivity index (χ0v) is 16.5. The normalized spacial score (nSPS) is 15.7. The molecule has 0 spiro atoms. The van der Waals surface area contributed by atoms with E-state index in [1.807, 2.05) is 28.9 Å². The predicted molar refractivity (Wildman–Crippen MR) is 108 cm³/mol. The van der Waals surface area contributed by atoms with Crippen LogP contribution in [0.1, 0.15) is 12.1 Å². The van der Waals surface area contributed by atoms with Gasteiger partial charge in [0.1, 0.15) is 17.7 Å². The number of pyridine rings is 2. The van der Waals surface area contributed by atoms with Gasteiger partial charge in [0.05, 0.1) is 20.7 Å². The first-order valence-electron chi connectivity index (χ1n) is 8.90. The molecule has 0 aromatic carbocycles. The average Bonchev–Trinajstić information content (AvgIpc) is 2.90. The van der Waals surface area contributed by atoms with Gasteiger partial charge in [-0.25, -0.2) is 9.97 Å². The van der Waals surface area contributed by atoms with E-state index in [-0.39, 0.29) is 5.69 Å². The van der Waals surface area contributed by atoms with Crippen molar-refractivity contribution < 1.29 is 4.92 Å². The highest BCUT2D eigenvalue weighted by Crippen LogP contribution is 2.28. The summed E-state index contributed by atoms with van der Waals surface area (Å²) in [6.07, 6.45) is 6.04. The molecule has 28 heavy (non-hydrogen) atoms. The highest BCUT2D eigenvalue weighted by Gasteiger charge is 2.20. The second kappa shape index (κ2) is 7.90. The number of nitrogens with zero attached hydrogens (tertiary/aromatic N) is 6. The number of fused-ring (bicyclic) bond motifs is 1. The van der Waals surface area contributed by atoms with Crippen molar-refractivity contribution in [2.45, 2.75) is 13.0 Å². The first-order chi connectivity index (χ1) is 13.5. The van der Waals surface area contributed by atoms with Crippen LogP contribution in [-0.2, 0) is 6.54 Å². The summed E-state index contributed by atoms with van der Waals surface area (Å²) < 4.78 is 1.93. The van der Waals surface area contributed by atoms with Gasteiger partial charge in [0, 0.05) is 51.2 Å². The molecule has 8 nitrogen and oxygen atoms in total. The van der Waals surface area contributed by atoms with Crippen LogP contribution in [0.25, 0.3) is 5.65 Å². The lowest BCUT2D eigenvalue weighted by atomic mass is 10.3. The molecule has 1 fully saturated rings. The Labute approximate surface area is 171 Å². The van der Waals surface area contributed by atoms with Crippen molar-refractivity contribution in [1.29, 1.82) is 0 Å². The van der Waals surface area contributed by atoms with Gasteiger partial charge in [0.25, 0.3) is 5.69 Å². The van der Waals surface area contributed by atoms with Crippen LogP contribution in [0.2, 0.25) is 10.0 Å². The van der Waals surface area contributed by atoms with Gasteiger partial charge in [0.2, 0.25) is 0 Å². The molecule has 1 aliphatic rings. The molecule has 0 radical (unpaired) electrons. The van der Waals surface area contributed by atoms with Gasteiger partial charge >= 0.3 is 0 Å². The third-order valence-corrected chi connectivity index (χ3v) is 5.26. The average molecular weight is 421 g/mol. The quantitative estimate of drug-likeness (QED) is 0.473. The highest BCUT2D eigenvalue weighted by atomic mass is 35.5. The second-order valence-corrected chi connectivity index (χ2v) is 7.56. The first-order valence-corrected chi connectivity index (χ1v) is 9.65. The molecule has 1 saturated heterocycles. The van der Waals surface area contributed by atoms with Crippen LogP contribution in [0.3, 0.4) is 0 Å². The summed E-state index contributed by atoms with van der Waals surface area (Å²) in [7, 11) is 0. The van der Waals surface area contributed by atoms with E-state index < -0.39 is 4.92 Å². The fourth-order valence-corrected chi connectivity index (χ4v) is 3.86. The zero-order valence-electron chi connectivity index (χ0n) is 15.0. The number of halogens is 2. The van der Waals surface area contributed by atoms with E-state index in [0.717, 1.165) is 50.5 Å². The third-order valence-electron chi connectivity index (χ3n) is 4.76. The molecule has 0 N–H and O–H groups in total. The summed E-state index contributed by atoms with van der Waals surface area (Å²) >= 11 is 12.3. The van der Waals surface area contributed by atoms with Crippen LogP contribution in [0.15, 0.2) is 36.8 Å². The molecular weight excluding hydrogens is 403 g/mol. The van der Waals surface area contributed by atoms with Crippen molar-refractivity contribution in [3.8, 4) is 0 Å². The summed E-state index contributed by atoms with van der Waals surface area (Å²) in [6, 6.07) is 5.09. The molecule has 0 amide bonds. The molecule has 4 rings (SSSR count). The molecule has 0 bridgehead atoms. The molecule has 4 heterocycles. The molecule has 0 saturated carbocycles. The van der Waals surface area contributed by atoms with Crippen molar-refractivity contribution in [1.82, 2.24) is 19.3 Å². The molecule has 0 unspecified atom stereocenters. The smallest absolute Gasteiger partial charge is 0.289 e. The second-order valence-electron chi connectivity index (χ2n) is 6.72. The number of hydrogen-bond donors (Lipinski definition) is 0. The van der Waals surface area contributed by atoms with Crippen LogP contribution >= 0.6 is 23.2 Å². The van der Waals surface area contributed by atoms with E-state index in [9.17, 15) is 10.1 Å². The van der Waals surface area contributed by atoms with Crippen LogP contribution in [0.4, 0.5) is 11.5 Å². The van der Waals surface area contributed by atoms with Gasteiger partial charge < -0.3 is 9.30 Å². The maximum Gasteiger partial charge on any atom is 0.289 e. The Hall–Kier alpha value is -2.42. The maximum atomic E-state index is 10.9. The number of nitro groups is 1. The number of imidazole rings is 1. The number of aromatic nitrogens is 3. The molecule has 3 aromatic heterocycles. The highest BCUT2D eigenvalue weighted by molar-refractivity contribution is 6.33. The maximum absolute atomic E-state index is 10.9. The van der Waals surface area contributed by atoms with E-state index in [4.69, 9.17) is 23.2 Å². The lowest BCUT2D eigenvalue weighted by Crippen LogP contribution is -2.31. The van der Waals surface area contributed by atoms with Crippen molar-refractivity contribution in [3.05, 3.63) is 62.6 Å². The molecular formula is C18H18Cl2N6O2. The fraction of sp³-hybridized carbons (Fsp3) is 0.333. The third kappa shape index (κ3) is 4.04. The Morgan fingerprint density at radius 1 is 1.14 bits per heavy atom. The van der Waals surface area contributed by atoms with Crippen LogP contribution in [0, 0.1) is 10.1 Å². The van der Waals surface area contributed by atoms with Gasteiger partial charge in [-0.3, -0.25) is 15.0 Å². The van der Waals surface area contributed by atoms with Crippen molar-refractivity contribution in [3.63, 3.8) is 0 Å². The number of anilines is 1. The van der Waals surface area contributed by atoms with E-state index in [2.05, 4.69) is 19.8 Å². The lowest BCUT2D eigenvalue weighted by molar-refractivity contribution is -0.385. The van der Waals surface area contributed by atoms with Gasteiger partial charge in [-0.15, -0.1) is 0 Å². The van der Waals surface area contributed by atoms with E-state index >= 15 is 0 Å². The Bertz CT molecular complexity index is 1020. The van der Waals surface area contributed by atoms with Crippen molar-refractivity contribution in [2.75, 3.05) is 31.1 Å². The molecule has 3 aromatic rings. The monoisotopic (exact) mass is 420 g/mol. The molecule has 10 heteroatoms. The van der Waals surface area contributed by atoms with Crippen LogP contribution < -0.4 is 4.90 Å². The summed E-state index contributed by atoms with van der Waals surface area (Å²) in [4.78, 5) is 23.7. The number of hydrogen-bond acceptors (Lipinski definition) is 6. The molecule has 0 atom stereocenters. The predicted octanol–water partition coefficient (Wildman–Crippen LogP) is 3.66. The van der Waals surface area contributed by atoms with Crippen LogP contribution in [-0.4, -0.2) is 50.4 Å². The summed E-state index contributed by atoms with van der Waals surface area (Å²) in [5.74, 6) is 0.594. The molecule has 1 aliphatic heterocycles. The minimum atomic E-state index is -0.491. The number of rotatable bonds is 4. The van der Waals surface area contributed by atoms with E-state index in [0.29, 0.717) is 15.9 Å².